The minimum atomic E-state index is -0.176. The molecule has 0 spiro atoms. The van der Waals surface area contributed by atoms with E-state index >= 15 is 0 Å². The maximum Gasteiger partial charge on any atom is 0.277 e. The Kier molecular flexibility index (Phi) is 5.80. The standard InChI is InChI=1S/C18H16ClN3O3S/c1-11-14(19)4-3-5-15(11)20-16(23)10-26-18-22-21-17(25-18)12-6-8-13(24-2)9-7-12/h3-9H,10H2,1-2H3,(H,20,23). The van der Waals surface area contributed by atoms with E-state index < -0.39 is 0 Å². The summed E-state index contributed by atoms with van der Waals surface area (Å²) in [7, 11) is 1.60. The molecule has 134 valence electrons. The van der Waals surface area contributed by atoms with Crippen LogP contribution in [0.2, 0.25) is 5.02 Å². The van der Waals surface area contributed by atoms with Gasteiger partial charge in [0.2, 0.25) is 11.8 Å². The predicted octanol–water partition coefficient (Wildman–Crippen LogP) is 4.44. The van der Waals surface area contributed by atoms with Crippen LogP contribution < -0.4 is 10.1 Å². The second-order valence-corrected chi connectivity index (χ2v) is 6.68. The first-order valence-corrected chi connectivity index (χ1v) is 9.09. The van der Waals surface area contributed by atoms with Crippen LogP contribution in [0.1, 0.15) is 5.56 Å². The van der Waals surface area contributed by atoms with Gasteiger partial charge >= 0.3 is 0 Å². The Morgan fingerprint density at radius 3 is 2.73 bits per heavy atom. The fraction of sp³-hybridized carbons (Fsp3) is 0.167. The molecule has 0 aliphatic rings. The lowest BCUT2D eigenvalue weighted by Crippen LogP contribution is -2.14. The van der Waals surface area contributed by atoms with E-state index in [9.17, 15) is 4.79 Å². The zero-order valence-electron chi connectivity index (χ0n) is 14.2. The highest BCUT2D eigenvalue weighted by Crippen LogP contribution is 2.26. The molecule has 8 heteroatoms. The average Bonchev–Trinajstić information content (AvgIpc) is 3.13. The van der Waals surface area contributed by atoms with E-state index in [2.05, 4.69) is 15.5 Å². The fourth-order valence-electron chi connectivity index (χ4n) is 2.17. The van der Waals surface area contributed by atoms with Gasteiger partial charge in [-0.3, -0.25) is 4.79 Å². The Morgan fingerprint density at radius 1 is 1.23 bits per heavy atom. The Balaban J connectivity index is 1.59. The molecule has 2 aromatic carbocycles. The number of nitrogens with one attached hydrogen (secondary N) is 1. The second kappa shape index (κ2) is 8.25. The lowest BCUT2D eigenvalue weighted by atomic mass is 10.2. The van der Waals surface area contributed by atoms with Gasteiger partial charge in [-0.15, -0.1) is 10.2 Å². The Bertz CT molecular complexity index is 912. The number of thioether (sulfide) groups is 1. The van der Waals surface area contributed by atoms with Gasteiger partial charge in [0.05, 0.1) is 12.9 Å². The molecule has 3 aromatic rings. The molecule has 0 fully saturated rings. The van der Waals surface area contributed by atoms with Gasteiger partial charge in [-0.05, 0) is 48.9 Å². The van der Waals surface area contributed by atoms with Crippen LogP contribution in [-0.4, -0.2) is 29.0 Å². The van der Waals surface area contributed by atoms with Gasteiger partial charge in [0.1, 0.15) is 5.75 Å². The van der Waals surface area contributed by atoms with E-state index in [4.69, 9.17) is 20.8 Å². The van der Waals surface area contributed by atoms with Gasteiger partial charge in [0, 0.05) is 16.3 Å². The summed E-state index contributed by atoms with van der Waals surface area (Å²) < 4.78 is 10.7. The summed E-state index contributed by atoms with van der Waals surface area (Å²) in [5, 5.41) is 11.7. The van der Waals surface area contributed by atoms with Crippen molar-refractivity contribution in [2.75, 3.05) is 18.2 Å². The number of methoxy groups -OCH3 is 1. The van der Waals surface area contributed by atoms with Crippen molar-refractivity contribution < 1.29 is 13.9 Å². The molecule has 0 saturated carbocycles. The molecule has 6 nitrogen and oxygen atoms in total. The minimum Gasteiger partial charge on any atom is -0.497 e. The summed E-state index contributed by atoms with van der Waals surface area (Å²) in [5.41, 5.74) is 2.30. The summed E-state index contributed by atoms with van der Waals surface area (Å²) >= 11 is 7.22. The zero-order valence-corrected chi connectivity index (χ0v) is 15.7. The third kappa shape index (κ3) is 4.36. The number of ether oxygens (including phenoxy) is 1. The number of nitrogens with zero attached hydrogens (tertiary/aromatic N) is 2. The SMILES string of the molecule is COc1ccc(-c2nnc(SCC(=O)Nc3cccc(Cl)c3C)o2)cc1. The van der Waals surface area contributed by atoms with Gasteiger partial charge < -0.3 is 14.5 Å². The van der Waals surface area contributed by atoms with Crippen molar-refractivity contribution in [2.45, 2.75) is 12.1 Å². The Morgan fingerprint density at radius 2 is 2.00 bits per heavy atom. The molecule has 0 unspecified atom stereocenters. The third-order valence-corrected chi connectivity index (χ3v) is 4.84. The molecule has 0 radical (unpaired) electrons. The lowest BCUT2D eigenvalue weighted by Gasteiger charge is -2.08. The Labute approximate surface area is 159 Å². The van der Waals surface area contributed by atoms with Gasteiger partial charge in [-0.1, -0.05) is 29.4 Å². The van der Waals surface area contributed by atoms with Crippen molar-refractivity contribution in [2.24, 2.45) is 0 Å². The molecule has 0 atom stereocenters. The number of rotatable bonds is 6. The van der Waals surface area contributed by atoms with Gasteiger partial charge in [-0.25, -0.2) is 0 Å². The molecule has 0 aliphatic carbocycles. The molecular formula is C18H16ClN3O3S. The van der Waals surface area contributed by atoms with Gasteiger partial charge in [0.15, 0.2) is 0 Å². The molecule has 3 rings (SSSR count). The highest BCUT2D eigenvalue weighted by molar-refractivity contribution is 7.99. The summed E-state index contributed by atoms with van der Waals surface area (Å²) in [5.74, 6) is 1.11. The van der Waals surface area contributed by atoms with Gasteiger partial charge in [-0.2, -0.15) is 0 Å². The summed E-state index contributed by atoms with van der Waals surface area (Å²) in [6.07, 6.45) is 0. The van der Waals surface area contributed by atoms with Crippen LogP contribution in [0.3, 0.4) is 0 Å². The highest BCUT2D eigenvalue weighted by Gasteiger charge is 2.12. The topological polar surface area (TPSA) is 77.2 Å². The quantitative estimate of drug-likeness (QED) is 0.628. The number of hydrogen-bond donors (Lipinski definition) is 1. The smallest absolute Gasteiger partial charge is 0.277 e. The number of hydrogen-bond acceptors (Lipinski definition) is 6. The molecule has 26 heavy (non-hydrogen) atoms. The number of benzene rings is 2. The van der Waals surface area contributed by atoms with E-state index in [0.29, 0.717) is 21.8 Å². The number of carbonyl (C=O) groups is 1. The van der Waals surface area contributed by atoms with Crippen molar-refractivity contribution in [3.63, 3.8) is 0 Å². The number of anilines is 1. The van der Waals surface area contributed by atoms with Crippen LogP contribution in [0.25, 0.3) is 11.5 Å². The molecule has 1 aromatic heterocycles. The molecule has 1 amide bonds. The van der Waals surface area contributed by atoms with E-state index in [-0.39, 0.29) is 11.7 Å². The van der Waals surface area contributed by atoms with Crippen LogP contribution in [0.4, 0.5) is 5.69 Å². The molecular weight excluding hydrogens is 374 g/mol. The maximum atomic E-state index is 12.1. The molecule has 1 heterocycles. The maximum absolute atomic E-state index is 12.1. The second-order valence-electron chi connectivity index (χ2n) is 5.35. The van der Waals surface area contributed by atoms with Gasteiger partial charge in [0.25, 0.3) is 5.22 Å². The van der Waals surface area contributed by atoms with Crippen LogP contribution >= 0.6 is 23.4 Å². The first kappa shape index (κ1) is 18.3. The van der Waals surface area contributed by atoms with Crippen molar-refractivity contribution in [1.82, 2.24) is 10.2 Å². The van der Waals surface area contributed by atoms with Crippen molar-refractivity contribution >= 4 is 35.0 Å². The first-order valence-electron chi connectivity index (χ1n) is 7.72. The minimum absolute atomic E-state index is 0.149. The van der Waals surface area contributed by atoms with E-state index in [0.717, 1.165) is 16.9 Å². The number of amides is 1. The number of halogens is 1. The molecule has 0 saturated heterocycles. The Hall–Kier alpha value is -2.51. The van der Waals surface area contributed by atoms with Crippen molar-refractivity contribution in [1.29, 1.82) is 0 Å². The predicted molar refractivity (Wildman–Crippen MR) is 102 cm³/mol. The molecule has 0 aliphatic heterocycles. The summed E-state index contributed by atoms with van der Waals surface area (Å²) in [4.78, 5) is 12.1. The van der Waals surface area contributed by atoms with E-state index in [1.54, 1.807) is 25.3 Å². The monoisotopic (exact) mass is 389 g/mol. The van der Waals surface area contributed by atoms with Crippen molar-refractivity contribution in [3.05, 3.63) is 53.1 Å². The highest BCUT2D eigenvalue weighted by atomic mass is 35.5. The van der Waals surface area contributed by atoms with Crippen LogP contribution in [0.15, 0.2) is 52.1 Å². The van der Waals surface area contributed by atoms with Crippen molar-refractivity contribution in [3.8, 4) is 17.2 Å². The molecule has 0 bridgehead atoms. The summed E-state index contributed by atoms with van der Waals surface area (Å²) in [6, 6.07) is 12.7. The molecule has 1 N–H and O–H groups in total. The normalized spacial score (nSPS) is 10.6. The first-order chi connectivity index (χ1) is 12.6. The third-order valence-electron chi connectivity index (χ3n) is 3.61. The van der Waals surface area contributed by atoms with Crippen LogP contribution in [0, 0.1) is 6.92 Å². The van der Waals surface area contributed by atoms with Crippen LogP contribution in [0.5, 0.6) is 5.75 Å². The van der Waals surface area contributed by atoms with E-state index in [1.807, 2.05) is 31.2 Å². The van der Waals surface area contributed by atoms with Crippen LogP contribution in [-0.2, 0) is 4.79 Å². The lowest BCUT2D eigenvalue weighted by molar-refractivity contribution is -0.113. The largest absolute Gasteiger partial charge is 0.497 e. The van der Waals surface area contributed by atoms with E-state index in [1.165, 1.54) is 11.8 Å². The zero-order chi connectivity index (χ0) is 18.5. The number of aromatic nitrogens is 2. The summed E-state index contributed by atoms with van der Waals surface area (Å²) in [6.45, 7) is 1.85. The fourth-order valence-corrected chi connectivity index (χ4v) is 2.91. The average molecular weight is 390 g/mol. The number of carbonyl (C=O) groups excluding carboxylic acids is 1.